The van der Waals surface area contributed by atoms with Crippen LogP contribution in [0.1, 0.15) is 29.7 Å². The number of aryl methyl sites for hydroxylation is 2. The zero-order valence-corrected chi connectivity index (χ0v) is 12.9. The van der Waals surface area contributed by atoms with E-state index in [1.807, 2.05) is 12.1 Å². The van der Waals surface area contributed by atoms with Gasteiger partial charge in [-0.15, -0.1) is 0 Å². The lowest BCUT2D eigenvalue weighted by atomic mass is 10.1. The van der Waals surface area contributed by atoms with Crippen molar-refractivity contribution < 1.29 is 0 Å². The van der Waals surface area contributed by atoms with Crippen molar-refractivity contribution in [2.45, 2.75) is 26.8 Å². The highest BCUT2D eigenvalue weighted by atomic mass is 32.1. The largest absolute Gasteiger partial charge is 0.356 e. The molecule has 20 heavy (non-hydrogen) atoms. The molecule has 0 radical (unpaired) electrons. The number of nitrogens with one attached hydrogen (secondary N) is 2. The molecule has 104 valence electrons. The molecule has 0 aliphatic heterocycles. The van der Waals surface area contributed by atoms with Gasteiger partial charge >= 0.3 is 0 Å². The Balaban J connectivity index is 1.95. The maximum atomic E-state index is 5.36. The summed E-state index contributed by atoms with van der Waals surface area (Å²) in [6.45, 7) is 6.26. The molecule has 0 spiro atoms. The zero-order valence-electron chi connectivity index (χ0n) is 12.1. The van der Waals surface area contributed by atoms with Crippen LogP contribution < -0.4 is 10.6 Å². The van der Waals surface area contributed by atoms with E-state index >= 15 is 0 Å². The van der Waals surface area contributed by atoms with E-state index in [1.165, 1.54) is 16.7 Å². The molecule has 2 N–H and O–H groups in total. The first-order chi connectivity index (χ1) is 9.54. The van der Waals surface area contributed by atoms with Crippen LogP contribution in [0.5, 0.6) is 0 Å². The summed E-state index contributed by atoms with van der Waals surface area (Å²) in [6, 6.07) is 16.8. The number of thiocarbonyl (C=S) groups is 1. The molecule has 0 fully saturated rings. The summed E-state index contributed by atoms with van der Waals surface area (Å²) in [4.78, 5) is 0. The number of anilines is 1. The van der Waals surface area contributed by atoms with Gasteiger partial charge in [0.1, 0.15) is 0 Å². The van der Waals surface area contributed by atoms with Crippen LogP contribution >= 0.6 is 12.2 Å². The van der Waals surface area contributed by atoms with Crippen molar-refractivity contribution in [1.82, 2.24) is 5.32 Å². The summed E-state index contributed by atoms with van der Waals surface area (Å²) in [6.07, 6.45) is 0. The summed E-state index contributed by atoms with van der Waals surface area (Å²) in [5.74, 6) is 0. The second kappa shape index (κ2) is 6.53. The number of hydrogen-bond donors (Lipinski definition) is 2. The van der Waals surface area contributed by atoms with Gasteiger partial charge in [0.15, 0.2) is 5.11 Å². The van der Waals surface area contributed by atoms with Crippen LogP contribution in [0.3, 0.4) is 0 Å². The van der Waals surface area contributed by atoms with E-state index in [2.05, 4.69) is 67.8 Å². The summed E-state index contributed by atoms with van der Waals surface area (Å²) < 4.78 is 0. The van der Waals surface area contributed by atoms with E-state index in [9.17, 15) is 0 Å². The lowest BCUT2D eigenvalue weighted by Crippen LogP contribution is -2.30. The number of rotatable bonds is 3. The average molecular weight is 284 g/mol. The zero-order chi connectivity index (χ0) is 14.5. The molecule has 0 saturated heterocycles. The summed E-state index contributed by atoms with van der Waals surface area (Å²) in [7, 11) is 0. The van der Waals surface area contributed by atoms with Crippen LogP contribution in [0.25, 0.3) is 0 Å². The molecule has 2 rings (SSSR count). The SMILES string of the molecule is Cc1ccc([C@@H](C)NC(=S)Nc2cccc(C)c2)cc1. The third-order valence-corrected chi connectivity index (χ3v) is 3.42. The van der Waals surface area contributed by atoms with E-state index < -0.39 is 0 Å². The fourth-order valence-electron chi connectivity index (χ4n) is 2.03. The minimum atomic E-state index is 0.181. The molecule has 0 saturated carbocycles. The Labute approximate surface area is 126 Å². The summed E-state index contributed by atoms with van der Waals surface area (Å²) in [5, 5.41) is 7.16. The summed E-state index contributed by atoms with van der Waals surface area (Å²) in [5.41, 5.74) is 4.72. The second-order valence-corrected chi connectivity index (χ2v) is 5.51. The van der Waals surface area contributed by atoms with Gasteiger partial charge in [-0.05, 0) is 56.2 Å². The molecule has 0 aromatic heterocycles. The predicted molar refractivity (Wildman–Crippen MR) is 90.1 cm³/mol. The Morgan fingerprint density at radius 1 is 1.00 bits per heavy atom. The van der Waals surface area contributed by atoms with Crippen molar-refractivity contribution in [3.8, 4) is 0 Å². The van der Waals surface area contributed by atoms with Gasteiger partial charge in [0, 0.05) is 5.69 Å². The molecule has 1 atom stereocenters. The van der Waals surface area contributed by atoms with Gasteiger partial charge in [-0.3, -0.25) is 0 Å². The monoisotopic (exact) mass is 284 g/mol. The minimum Gasteiger partial charge on any atom is -0.356 e. The van der Waals surface area contributed by atoms with Gasteiger partial charge in [-0.2, -0.15) is 0 Å². The third kappa shape index (κ3) is 4.07. The molecule has 0 aliphatic carbocycles. The fraction of sp³-hybridized carbons (Fsp3) is 0.235. The Kier molecular flexibility index (Phi) is 4.74. The quantitative estimate of drug-likeness (QED) is 0.819. The van der Waals surface area contributed by atoms with Crippen molar-refractivity contribution in [3.63, 3.8) is 0 Å². The van der Waals surface area contributed by atoms with Crippen LogP contribution in [0.2, 0.25) is 0 Å². The highest BCUT2D eigenvalue weighted by Crippen LogP contribution is 2.14. The average Bonchev–Trinajstić information content (AvgIpc) is 2.39. The van der Waals surface area contributed by atoms with Gasteiger partial charge in [-0.1, -0.05) is 42.0 Å². The smallest absolute Gasteiger partial charge is 0.171 e. The molecule has 0 aliphatic rings. The second-order valence-electron chi connectivity index (χ2n) is 5.10. The fourth-order valence-corrected chi connectivity index (χ4v) is 2.32. The Hall–Kier alpha value is -1.87. The molecular formula is C17H20N2S. The maximum absolute atomic E-state index is 5.36. The van der Waals surface area contributed by atoms with Gasteiger partial charge in [-0.25, -0.2) is 0 Å². The normalized spacial score (nSPS) is 11.8. The first kappa shape index (κ1) is 14.5. The number of hydrogen-bond acceptors (Lipinski definition) is 1. The first-order valence-electron chi connectivity index (χ1n) is 6.75. The van der Waals surface area contributed by atoms with Crippen molar-refractivity contribution >= 4 is 23.0 Å². The van der Waals surface area contributed by atoms with Crippen LogP contribution in [0.4, 0.5) is 5.69 Å². The third-order valence-electron chi connectivity index (χ3n) is 3.20. The van der Waals surface area contributed by atoms with Gasteiger partial charge in [0.2, 0.25) is 0 Å². The van der Waals surface area contributed by atoms with E-state index in [4.69, 9.17) is 12.2 Å². The van der Waals surface area contributed by atoms with Crippen LogP contribution in [-0.2, 0) is 0 Å². The Morgan fingerprint density at radius 2 is 1.70 bits per heavy atom. The van der Waals surface area contributed by atoms with Crippen molar-refractivity contribution in [2.75, 3.05) is 5.32 Å². The molecular weight excluding hydrogens is 264 g/mol. The van der Waals surface area contributed by atoms with Gasteiger partial charge in [0.05, 0.1) is 6.04 Å². The van der Waals surface area contributed by atoms with Crippen molar-refractivity contribution in [1.29, 1.82) is 0 Å². The highest BCUT2D eigenvalue weighted by Gasteiger charge is 2.06. The predicted octanol–water partition coefficient (Wildman–Crippen LogP) is 4.35. The highest BCUT2D eigenvalue weighted by molar-refractivity contribution is 7.80. The van der Waals surface area contributed by atoms with Crippen LogP contribution in [0.15, 0.2) is 48.5 Å². The van der Waals surface area contributed by atoms with E-state index in [-0.39, 0.29) is 6.04 Å². The van der Waals surface area contributed by atoms with Gasteiger partial charge in [0.25, 0.3) is 0 Å². The molecule has 2 aromatic rings. The number of benzene rings is 2. The summed E-state index contributed by atoms with van der Waals surface area (Å²) >= 11 is 5.36. The lowest BCUT2D eigenvalue weighted by Gasteiger charge is -2.17. The Bertz CT molecular complexity index is 590. The molecule has 2 aromatic carbocycles. The molecule has 0 heterocycles. The molecule has 3 heteroatoms. The molecule has 0 amide bonds. The first-order valence-corrected chi connectivity index (χ1v) is 7.16. The van der Waals surface area contributed by atoms with Crippen LogP contribution in [-0.4, -0.2) is 5.11 Å². The van der Waals surface area contributed by atoms with E-state index in [0.717, 1.165) is 5.69 Å². The van der Waals surface area contributed by atoms with Gasteiger partial charge < -0.3 is 10.6 Å². The minimum absolute atomic E-state index is 0.181. The topological polar surface area (TPSA) is 24.1 Å². The van der Waals surface area contributed by atoms with Crippen LogP contribution in [0, 0.1) is 13.8 Å². The maximum Gasteiger partial charge on any atom is 0.171 e. The Morgan fingerprint density at radius 3 is 2.35 bits per heavy atom. The molecule has 2 nitrogen and oxygen atoms in total. The lowest BCUT2D eigenvalue weighted by molar-refractivity contribution is 0.722. The van der Waals surface area contributed by atoms with Crippen molar-refractivity contribution in [3.05, 3.63) is 65.2 Å². The van der Waals surface area contributed by atoms with E-state index in [1.54, 1.807) is 0 Å². The van der Waals surface area contributed by atoms with Crippen molar-refractivity contribution in [2.24, 2.45) is 0 Å². The van der Waals surface area contributed by atoms with E-state index in [0.29, 0.717) is 5.11 Å². The molecule has 0 bridgehead atoms. The molecule has 0 unspecified atom stereocenters. The standard InChI is InChI=1S/C17H20N2S/c1-12-7-9-15(10-8-12)14(3)18-17(20)19-16-6-4-5-13(2)11-16/h4-11,14H,1-3H3,(H2,18,19,20)/t14-/m1/s1.